The second kappa shape index (κ2) is 14.5. The number of carbonyl (C=O) groups is 3. The maximum atomic E-state index is 13.7. The van der Waals surface area contributed by atoms with Crippen LogP contribution in [-0.2, 0) is 19.1 Å². The first-order valence-electron chi connectivity index (χ1n) is 18.4. The van der Waals surface area contributed by atoms with Gasteiger partial charge >= 0.3 is 5.97 Å². The Kier molecular flexibility index (Phi) is 10.6. The number of hydrogen-bond donors (Lipinski definition) is 2. The van der Waals surface area contributed by atoms with Crippen molar-refractivity contribution >= 4 is 40.8 Å². The van der Waals surface area contributed by atoms with E-state index in [4.69, 9.17) is 4.74 Å². The molecular weight excluding hydrogens is 647 g/mol. The number of nitrogens with one attached hydrogen (secondary N) is 1. The van der Waals surface area contributed by atoms with Crippen molar-refractivity contribution in [2.75, 3.05) is 48.7 Å². The molecule has 8 atom stereocenters. The van der Waals surface area contributed by atoms with E-state index < -0.39 is 23.0 Å². The molecule has 0 aromatic heterocycles. The van der Waals surface area contributed by atoms with Crippen molar-refractivity contribution in [1.29, 1.82) is 0 Å². The number of hydrogen-bond acceptors (Lipinski definition) is 8. The third-order valence-electron chi connectivity index (χ3n) is 13.2. The van der Waals surface area contributed by atoms with Gasteiger partial charge in [-0.1, -0.05) is 63.6 Å². The van der Waals surface area contributed by atoms with Gasteiger partial charge in [-0.15, -0.1) is 18.3 Å². The highest BCUT2D eigenvalue weighted by Crippen LogP contribution is 2.68. The van der Waals surface area contributed by atoms with Crippen molar-refractivity contribution in [2.24, 2.45) is 34.0 Å². The second-order valence-electron chi connectivity index (χ2n) is 16.0. The Morgan fingerprint density at radius 2 is 1.76 bits per heavy atom. The molecule has 2 bridgehead atoms. The topological polar surface area (TPSA) is 99.2 Å². The fraction of sp³-hybridized carbons (Fsp3) is 0.585. The zero-order valence-electron chi connectivity index (χ0n) is 30.5. The number of ketones is 1. The molecule has 4 fully saturated rings. The third kappa shape index (κ3) is 6.78. The van der Waals surface area contributed by atoms with Crippen LogP contribution in [0.4, 0.5) is 11.4 Å². The fourth-order valence-corrected chi connectivity index (χ4v) is 10.6. The SMILES string of the molecule is C=C[C@]1(C)C[C@@H](OC(=O)CSc2ccccc2NC(=O)CN2CCN(c3ccc(C)cc3)CC2)[C@]2(C)[C@H](C)CC[C@]3(CCC(=O)[C@H]32)[C@@H](C)[C@@H]1O. The molecule has 1 aliphatic heterocycles. The molecule has 2 aromatic carbocycles. The number of Topliss-reactive ketones (excluding diaryl/α,β-unsaturated/α-hetero) is 1. The standard InChI is InChI=1S/C41H55N3O5S/c1-7-39(5)24-34(40(6)28(3)16-18-41(29(4)38(39)48)19-17-32(45)37(40)41)49-36(47)26-50-33-11-9-8-10-31(33)42-35(46)25-43-20-22-44(23-21-43)30-14-12-27(2)13-15-30/h7-15,28-29,34,37-38,48H,1,16-26H2,2-6H3,(H,42,46)/t28-,29+,34-,37+,38+,39-,40+,41+/m1/s1. The number of ether oxygens (including phenoxy) is 1. The Labute approximate surface area is 302 Å². The minimum atomic E-state index is -0.700. The molecule has 2 aromatic rings. The summed E-state index contributed by atoms with van der Waals surface area (Å²) in [7, 11) is 0. The highest BCUT2D eigenvalue weighted by Gasteiger charge is 2.68. The van der Waals surface area contributed by atoms with Gasteiger partial charge in [-0.3, -0.25) is 19.3 Å². The van der Waals surface area contributed by atoms with E-state index >= 15 is 0 Å². The second-order valence-corrected chi connectivity index (χ2v) is 17.0. The first-order chi connectivity index (χ1) is 23.8. The number of esters is 1. The molecule has 1 amide bonds. The molecule has 3 saturated carbocycles. The largest absolute Gasteiger partial charge is 0.461 e. The van der Waals surface area contributed by atoms with Crippen LogP contribution in [0.25, 0.3) is 0 Å². The van der Waals surface area contributed by atoms with Gasteiger partial charge < -0.3 is 20.1 Å². The minimum absolute atomic E-state index is 0.0579. The number of piperazine rings is 1. The highest BCUT2D eigenvalue weighted by atomic mass is 32.2. The molecule has 0 unspecified atom stereocenters. The molecule has 270 valence electrons. The summed E-state index contributed by atoms with van der Waals surface area (Å²) in [5, 5.41) is 14.9. The lowest BCUT2D eigenvalue weighted by Crippen LogP contribution is -2.63. The maximum absolute atomic E-state index is 13.7. The molecule has 1 saturated heterocycles. The van der Waals surface area contributed by atoms with Gasteiger partial charge in [0.25, 0.3) is 0 Å². The van der Waals surface area contributed by atoms with Gasteiger partial charge in [0.15, 0.2) is 0 Å². The van der Waals surface area contributed by atoms with Crippen LogP contribution in [0.15, 0.2) is 66.1 Å². The van der Waals surface area contributed by atoms with Gasteiger partial charge in [-0.05, 0) is 74.1 Å². The molecular formula is C41H55N3O5S. The zero-order valence-corrected chi connectivity index (χ0v) is 31.3. The number of aliphatic hydroxyl groups is 1. The highest BCUT2D eigenvalue weighted by molar-refractivity contribution is 8.00. The fourth-order valence-electron chi connectivity index (χ4n) is 9.84. The summed E-state index contributed by atoms with van der Waals surface area (Å²) in [4.78, 5) is 45.9. The number of amides is 1. The number of aliphatic hydroxyl groups excluding tert-OH is 1. The average molecular weight is 702 g/mol. The van der Waals surface area contributed by atoms with E-state index in [9.17, 15) is 19.5 Å². The number of para-hydroxylation sites is 1. The zero-order chi connectivity index (χ0) is 35.8. The summed E-state index contributed by atoms with van der Waals surface area (Å²) in [6, 6.07) is 16.1. The van der Waals surface area contributed by atoms with Crippen LogP contribution >= 0.6 is 11.8 Å². The van der Waals surface area contributed by atoms with Crippen LogP contribution in [-0.4, -0.2) is 78.4 Å². The molecule has 1 heterocycles. The molecule has 8 nitrogen and oxygen atoms in total. The lowest BCUT2D eigenvalue weighted by molar-refractivity contribution is -0.205. The average Bonchev–Trinajstić information content (AvgIpc) is 3.46. The van der Waals surface area contributed by atoms with E-state index in [0.717, 1.165) is 50.3 Å². The summed E-state index contributed by atoms with van der Waals surface area (Å²) in [6.07, 6.45) is 4.09. The summed E-state index contributed by atoms with van der Waals surface area (Å²) in [6.45, 7) is 18.3. The van der Waals surface area contributed by atoms with Gasteiger partial charge in [0.1, 0.15) is 11.9 Å². The van der Waals surface area contributed by atoms with E-state index in [0.29, 0.717) is 25.1 Å². The minimum Gasteiger partial charge on any atom is -0.461 e. The van der Waals surface area contributed by atoms with Crippen LogP contribution in [0.1, 0.15) is 65.4 Å². The summed E-state index contributed by atoms with van der Waals surface area (Å²) >= 11 is 1.34. The molecule has 6 rings (SSSR count). The van der Waals surface area contributed by atoms with Crippen LogP contribution in [0.5, 0.6) is 0 Å². The Bertz CT molecular complexity index is 1590. The smallest absolute Gasteiger partial charge is 0.316 e. The quantitative estimate of drug-likeness (QED) is 0.168. The normalized spacial score (nSPS) is 34.3. The van der Waals surface area contributed by atoms with Gasteiger partial charge in [-0.25, -0.2) is 0 Å². The molecule has 3 aliphatic carbocycles. The van der Waals surface area contributed by atoms with E-state index in [1.165, 1.54) is 23.0 Å². The molecule has 4 aliphatic rings. The van der Waals surface area contributed by atoms with Crippen LogP contribution in [0.2, 0.25) is 0 Å². The molecule has 0 spiro atoms. The monoisotopic (exact) mass is 701 g/mol. The molecule has 0 radical (unpaired) electrons. The number of thioether (sulfide) groups is 1. The first kappa shape index (κ1) is 36.6. The van der Waals surface area contributed by atoms with Crippen molar-refractivity contribution in [3.05, 3.63) is 66.7 Å². The number of carbonyl (C=O) groups excluding carboxylic acids is 3. The van der Waals surface area contributed by atoms with Crippen molar-refractivity contribution in [3.63, 3.8) is 0 Å². The maximum Gasteiger partial charge on any atom is 0.316 e. The lowest BCUT2D eigenvalue weighted by atomic mass is 9.44. The predicted molar refractivity (Wildman–Crippen MR) is 200 cm³/mol. The number of anilines is 2. The van der Waals surface area contributed by atoms with Gasteiger partial charge in [-0.2, -0.15) is 0 Å². The Balaban J connectivity index is 1.10. The van der Waals surface area contributed by atoms with Gasteiger partial charge in [0.05, 0.1) is 24.1 Å². The van der Waals surface area contributed by atoms with E-state index in [1.807, 2.05) is 37.3 Å². The first-order valence-corrected chi connectivity index (χ1v) is 19.4. The molecule has 2 N–H and O–H groups in total. The van der Waals surface area contributed by atoms with Crippen LogP contribution in [0, 0.1) is 40.9 Å². The van der Waals surface area contributed by atoms with E-state index in [2.05, 4.69) is 73.7 Å². The lowest BCUT2D eigenvalue weighted by Gasteiger charge is -2.61. The number of benzene rings is 2. The van der Waals surface area contributed by atoms with Crippen molar-refractivity contribution in [2.45, 2.75) is 83.8 Å². The molecule has 9 heteroatoms. The van der Waals surface area contributed by atoms with Gasteiger partial charge in [0.2, 0.25) is 5.91 Å². The number of nitrogens with zero attached hydrogens (tertiary/aromatic N) is 2. The van der Waals surface area contributed by atoms with Crippen LogP contribution in [0.3, 0.4) is 0 Å². The predicted octanol–water partition coefficient (Wildman–Crippen LogP) is 6.75. The molecule has 50 heavy (non-hydrogen) atoms. The summed E-state index contributed by atoms with van der Waals surface area (Å²) < 4.78 is 6.44. The van der Waals surface area contributed by atoms with E-state index in [-0.39, 0.29) is 46.6 Å². The summed E-state index contributed by atoms with van der Waals surface area (Å²) in [5.41, 5.74) is 1.58. The summed E-state index contributed by atoms with van der Waals surface area (Å²) in [5.74, 6) is -0.306. The Morgan fingerprint density at radius 1 is 1.06 bits per heavy atom. The van der Waals surface area contributed by atoms with Crippen molar-refractivity contribution in [1.82, 2.24) is 4.90 Å². The number of aryl methyl sites for hydroxylation is 1. The van der Waals surface area contributed by atoms with Gasteiger partial charge in [0, 0.05) is 59.9 Å². The number of rotatable bonds is 9. The third-order valence-corrected chi connectivity index (χ3v) is 14.3. The Hall–Kier alpha value is -3.14. The Morgan fingerprint density at radius 3 is 2.46 bits per heavy atom. The van der Waals surface area contributed by atoms with Crippen molar-refractivity contribution in [3.8, 4) is 0 Å². The van der Waals surface area contributed by atoms with Crippen molar-refractivity contribution < 1.29 is 24.2 Å². The van der Waals surface area contributed by atoms with Crippen LogP contribution < -0.4 is 10.2 Å². The van der Waals surface area contributed by atoms with E-state index in [1.54, 1.807) is 0 Å².